The highest BCUT2D eigenvalue weighted by Gasteiger charge is 2.44. The van der Waals surface area contributed by atoms with Gasteiger partial charge in [0, 0.05) is 12.0 Å². The smallest absolute Gasteiger partial charge is 0.223 e. The Morgan fingerprint density at radius 2 is 2.15 bits per heavy atom. The van der Waals surface area contributed by atoms with Crippen LogP contribution in [0.4, 0.5) is 0 Å². The molecule has 0 aromatic rings. The molecule has 0 bridgehead atoms. The Labute approximate surface area is 80.1 Å². The topological polar surface area (TPSA) is 29.1 Å². The molecule has 1 saturated carbocycles. The number of nitrogens with one attached hydrogen (secondary N) is 1. The van der Waals surface area contributed by atoms with Crippen molar-refractivity contribution >= 4 is 5.91 Å². The van der Waals surface area contributed by atoms with Gasteiger partial charge in [-0.25, -0.2) is 0 Å². The Morgan fingerprint density at radius 1 is 1.46 bits per heavy atom. The van der Waals surface area contributed by atoms with Crippen LogP contribution in [0.3, 0.4) is 0 Å². The molecule has 2 heteroatoms. The summed E-state index contributed by atoms with van der Waals surface area (Å²) in [6, 6.07) is 0.464. The summed E-state index contributed by atoms with van der Waals surface area (Å²) in [6.45, 7) is 6.68. The van der Waals surface area contributed by atoms with Crippen molar-refractivity contribution in [3.8, 4) is 0 Å². The monoisotopic (exact) mass is 181 g/mol. The van der Waals surface area contributed by atoms with E-state index in [4.69, 9.17) is 0 Å². The Balaban J connectivity index is 2.12. The lowest BCUT2D eigenvalue weighted by Crippen LogP contribution is -2.38. The zero-order chi connectivity index (χ0) is 9.64. The zero-order valence-corrected chi connectivity index (χ0v) is 8.76. The van der Waals surface area contributed by atoms with E-state index >= 15 is 0 Å². The third-order valence-corrected chi connectivity index (χ3v) is 3.83. The first-order valence-electron chi connectivity index (χ1n) is 5.30. The van der Waals surface area contributed by atoms with E-state index in [2.05, 4.69) is 26.1 Å². The molecule has 74 valence electrons. The molecule has 3 atom stereocenters. The van der Waals surface area contributed by atoms with E-state index in [0.29, 0.717) is 17.4 Å². The van der Waals surface area contributed by atoms with Gasteiger partial charge >= 0.3 is 0 Å². The van der Waals surface area contributed by atoms with Crippen molar-refractivity contribution in [1.29, 1.82) is 0 Å². The van der Waals surface area contributed by atoms with Crippen LogP contribution in [0.25, 0.3) is 0 Å². The first kappa shape index (κ1) is 9.04. The molecule has 1 aliphatic heterocycles. The van der Waals surface area contributed by atoms with Crippen LogP contribution in [0.5, 0.6) is 0 Å². The molecule has 0 radical (unpaired) electrons. The summed E-state index contributed by atoms with van der Waals surface area (Å²) in [7, 11) is 0. The summed E-state index contributed by atoms with van der Waals surface area (Å²) in [5.41, 5.74) is 0.429. The van der Waals surface area contributed by atoms with Crippen LogP contribution >= 0.6 is 0 Å². The largest absolute Gasteiger partial charge is 0.353 e. The number of amides is 1. The maximum atomic E-state index is 11.4. The lowest BCUT2D eigenvalue weighted by molar-refractivity contribution is -0.122. The van der Waals surface area contributed by atoms with Crippen molar-refractivity contribution < 1.29 is 4.79 Å². The zero-order valence-electron chi connectivity index (χ0n) is 8.76. The average Bonchev–Trinajstić information content (AvgIpc) is 2.25. The van der Waals surface area contributed by atoms with Crippen molar-refractivity contribution in [2.75, 3.05) is 0 Å². The lowest BCUT2D eigenvalue weighted by Gasteiger charge is -2.37. The average molecular weight is 181 g/mol. The van der Waals surface area contributed by atoms with Gasteiger partial charge in [0.15, 0.2) is 0 Å². The fourth-order valence-electron chi connectivity index (χ4n) is 2.87. The van der Waals surface area contributed by atoms with Crippen molar-refractivity contribution in [2.45, 2.75) is 46.1 Å². The summed E-state index contributed by atoms with van der Waals surface area (Å²) < 4.78 is 0. The molecule has 1 unspecified atom stereocenters. The van der Waals surface area contributed by atoms with Gasteiger partial charge in [-0.15, -0.1) is 0 Å². The first-order valence-corrected chi connectivity index (χ1v) is 5.30. The fraction of sp³-hybridized carbons (Fsp3) is 0.909. The van der Waals surface area contributed by atoms with E-state index in [1.807, 2.05) is 0 Å². The number of carbonyl (C=O) groups excluding carboxylic acids is 1. The van der Waals surface area contributed by atoms with Crippen LogP contribution in [0.15, 0.2) is 0 Å². The minimum absolute atomic E-state index is 0.251. The molecule has 1 aliphatic carbocycles. The van der Waals surface area contributed by atoms with Gasteiger partial charge in [0.05, 0.1) is 0 Å². The second-order valence-electron chi connectivity index (χ2n) is 5.47. The Kier molecular flexibility index (Phi) is 1.90. The summed E-state index contributed by atoms with van der Waals surface area (Å²) in [5.74, 6) is 1.13. The van der Waals surface area contributed by atoms with Gasteiger partial charge in [-0.3, -0.25) is 4.79 Å². The van der Waals surface area contributed by atoms with Gasteiger partial charge in [0.25, 0.3) is 0 Å². The molecule has 1 N–H and O–H groups in total. The number of hydrogen-bond donors (Lipinski definition) is 1. The molecular weight excluding hydrogens is 162 g/mol. The molecule has 2 nitrogen and oxygen atoms in total. The normalized spacial score (nSPS) is 42.7. The lowest BCUT2D eigenvalue weighted by atomic mass is 9.69. The molecule has 2 fully saturated rings. The highest BCUT2D eigenvalue weighted by atomic mass is 16.2. The number of rotatable bonds is 0. The van der Waals surface area contributed by atoms with Crippen LogP contribution in [-0.4, -0.2) is 11.9 Å². The first-order chi connectivity index (χ1) is 5.99. The molecule has 13 heavy (non-hydrogen) atoms. The van der Waals surface area contributed by atoms with Crippen LogP contribution in [0, 0.1) is 17.3 Å². The molecule has 1 saturated heterocycles. The van der Waals surface area contributed by atoms with E-state index in [9.17, 15) is 4.79 Å². The fourth-order valence-corrected chi connectivity index (χ4v) is 2.87. The highest BCUT2D eigenvalue weighted by Crippen LogP contribution is 2.43. The van der Waals surface area contributed by atoms with Crippen LogP contribution in [0.2, 0.25) is 0 Å². The predicted octanol–water partition coefficient (Wildman–Crippen LogP) is 1.95. The molecule has 1 heterocycles. The Bertz CT molecular complexity index is 234. The summed E-state index contributed by atoms with van der Waals surface area (Å²) in [6.07, 6.45) is 3.65. The van der Waals surface area contributed by atoms with Gasteiger partial charge in [0.2, 0.25) is 5.91 Å². The van der Waals surface area contributed by atoms with Gasteiger partial charge in [-0.1, -0.05) is 20.8 Å². The second kappa shape index (κ2) is 2.73. The van der Waals surface area contributed by atoms with Crippen molar-refractivity contribution in [3.63, 3.8) is 0 Å². The van der Waals surface area contributed by atoms with E-state index in [-0.39, 0.29) is 11.8 Å². The molecule has 0 aromatic heterocycles. The SMILES string of the molecule is CC1C(=O)N[C@@H]2CC(C)(C)CC[C@@H]12. The number of hydrogen-bond acceptors (Lipinski definition) is 1. The Hall–Kier alpha value is -0.530. The van der Waals surface area contributed by atoms with Crippen molar-refractivity contribution in [2.24, 2.45) is 17.3 Å². The number of fused-ring (bicyclic) bond motifs is 1. The maximum absolute atomic E-state index is 11.4. The predicted molar refractivity (Wildman–Crippen MR) is 52.2 cm³/mol. The van der Waals surface area contributed by atoms with Gasteiger partial charge < -0.3 is 5.32 Å². The molecule has 2 rings (SSSR count). The Morgan fingerprint density at radius 3 is 2.85 bits per heavy atom. The second-order valence-corrected chi connectivity index (χ2v) is 5.47. The van der Waals surface area contributed by atoms with Crippen LogP contribution in [0.1, 0.15) is 40.0 Å². The van der Waals surface area contributed by atoms with Crippen molar-refractivity contribution in [3.05, 3.63) is 0 Å². The maximum Gasteiger partial charge on any atom is 0.223 e. The van der Waals surface area contributed by atoms with Crippen LogP contribution in [-0.2, 0) is 4.79 Å². The van der Waals surface area contributed by atoms with E-state index in [1.54, 1.807) is 0 Å². The molecular formula is C11H19NO. The van der Waals surface area contributed by atoms with Gasteiger partial charge in [0.1, 0.15) is 0 Å². The van der Waals surface area contributed by atoms with Gasteiger partial charge in [-0.2, -0.15) is 0 Å². The van der Waals surface area contributed by atoms with E-state index in [0.717, 1.165) is 6.42 Å². The number of carbonyl (C=O) groups is 1. The third-order valence-electron chi connectivity index (χ3n) is 3.83. The highest BCUT2D eigenvalue weighted by molar-refractivity contribution is 5.81. The molecule has 0 spiro atoms. The summed E-state index contributed by atoms with van der Waals surface area (Å²) in [5, 5.41) is 3.12. The standard InChI is InChI=1S/C11H19NO/c1-7-8-4-5-11(2,3)6-9(8)12-10(7)13/h7-9H,4-6H2,1-3H3,(H,12,13)/t7?,8-,9+/m0/s1. The van der Waals surface area contributed by atoms with Crippen LogP contribution < -0.4 is 5.32 Å². The van der Waals surface area contributed by atoms with E-state index in [1.165, 1.54) is 12.8 Å². The van der Waals surface area contributed by atoms with Crippen molar-refractivity contribution in [1.82, 2.24) is 5.32 Å². The van der Waals surface area contributed by atoms with E-state index < -0.39 is 0 Å². The quantitative estimate of drug-likeness (QED) is 0.608. The minimum atomic E-state index is 0.251. The summed E-state index contributed by atoms with van der Waals surface area (Å²) >= 11 is 0. The molecule has 1 amide bonds. The summed E-state index contributed by atoms with van der Waals surface area (Å²) in [4.78, 5) is 11.4. The molecule has 2 aliphatic rings. The van der Waals surface area contributed by atoms with Gasteiger partial charge in [-0.05, 0) is 30.6 Å². The minimum Gasteiger partial charge on any atom is -0.353 e. The molecule has 0 aromatic carbocycles. The third kappa shape index (κ3) is 1.47.